The van der Waals surface area contributed by atoms with E-state index in [2.05, 4.69) is 48.7 Å². The van der Waals surface area contributed by atoms with Gasteiger partial charge in [-0.15, -0.1) is 23.5 Å². The first-order valence-corrected chi connectivity index (χ1v) is 9.03. The molecule has 0 spiro atoms. The summed E-state index contributed by atoms with van der Waals surface area (Å²) in [5.41, 5.74) is 1.27. The molecule has 1 aliphatic rings. The normalized spacial score (nSPS) is 18.4. The summed E-state index contributed by atoms with van der Waals surface area (Å²) < 4.78 is 0. The van der Waals surface area contributed by atoms with Crippen LogP contribution in [0.15, 0.2) is 29.2 Å². The molecule has 2 rings (SSSR count). The molecule has 110 valence electrons. The fraction of sp³-hybridized carbons (Fsp3) is 0.533. The molecular formula is C15H22N2OS2. The van der Waals surface area contributed by atoms with Crippen LogP contribution in [0.3, 0.4) is 0 Å². The Hall–Kier alpha value is -0.650. The fourth-order valence-corrected chi connectivity index (χ4v) is 3.80. The van der Waals surface area contributed by atoms with Gasteiger partial charge in [0.05, 0.1) is 6.04 Å². The monoisotopic (exact) mass is 310 g/mol. The largest absolute Gasteiger partial charge is 0.354 e. The summed E-state index contributed by atoms with van der Waals surface area (Å²) in [5.74, 6) is 1.89. The van der Waals surface area contributed by atoms with Crippen LogP contribution in [0.1, 0.15) is 19.4 Å². The summed E-state index contributed by atoms with van der Waals surface area (Å²) in [6, 6.07) is 8.62. The van der Waals surface area contributed by atoms with E-state index < -0.39 is 0 Å². The average molecular weight is 310 g/mol. The first-order valence-electron chi connectivity index (χ1n) is 6.99. The fourth-order valence-electron chi connectivity index (χ4n) is 2.02. The molecule has 0 radical (unpaired) electrons. The third-order valence-electron chi connectivity index (χ3n) is 3.04. The molecule has 1 atom stereocenters. The van der Waals surface area contributed by atoms with Gasteiger partial charge in [-0.05, 0) is 24.1 Å². The number of benzene rings is 1. The van der Waals surface area contributed by atoms with Gasteiger partial charge in [0.2, 0.25) is 5.91 Å². The first kappa shape index (κ1) is 15.7. The Morgan fingerprint density at radius 1 is 1.45 bits per heavy atom. The quantitative estimate of drug-likeness (QED) is 0.792. The molecule has 0 bridgehead atoms. The molecule has 1 heterocycles. The highest BCUT2D eigenvalue weighted by Gasteiger charge is 2.21. The molecule has 1 saturated heterocycles. The van der Waals surface area contributed by atoms with E-state index in [9.17, 15) is 4.79 Å². The van der Waals surface area contributed by atoms with Crippen molar-refractivity contribution in [1.82, 2.24) is 10.6 Å². The Bertz CT molecular complexity index is 428. The van der Waals surface area contributed by atoms with E-state index in [0.29, 0.717) is 11.8 Å². The Morgan fingerprint density at radius 2 is 2.20 bits per heavy atom. The lowest BCUT2D eigenvalue weighted by molar-refractivity contribution is -0.122. The van der Waals surface area contributed by atoms with Gasteiger partial charge in [0.15, 0.2) is 0 Å². The first-order chi connectivity index (χ1) is 9.65. The highest BCUT2D eigenvalue weighted by molar-refractivity contribution is 8.00. The Labute approximate surface area is 129 Å². The molecule has 1 aromatic rings. The van der Waals surface area contributed by atoms with Crippen molar-refractivity contribution in [2.75, 3.05) is 18.2 Å². The van der Waals surface area contributed by atoms with Crippen LogP contribution in [0.2, 0.25) is 0 Å². The Morgan fingerprint density at radius 3 is 2.80 bits per heavy atom. The zero-order valence-electron chi connectivity index (χ0n) is 12.0. The van der Waals surface area contributed by atoms with E-state index >= 15 is 0 Å². The molecule has 1 amide bonds. The van der Waals surface area contributed by atoms with Crippen LogP contribution in [-0.2, 0) is 11.2 Å². The van der Waals surface area contributed by atoms with Crippen LogP contribution >= 0.6 is 23.5 Å². The molecular weight excluding hydrogens is 288 g/mol. The van der Waals surface area contributed by atoms with Crippen LogP contribution in [0.25, 0.3) is 0 Å². The summed E-state index contributed by atoms with van der Waals surface area (Å²) >= 11 is 3.64. The number of carbonyl (C=O) groups excluding carboxylic acids is 1. The van der Waals surface area contributed by atoms with E-state index in [1.54, 1.807) is 11.8 Å². The molecule has 20 heavy (non-hydrogen) atoms. The van der Waals surface area contributed by atoms with Crippen molar-refractivity contribution in [2.24, 2.45) is 0 Å². The molecule has 1 aliphatic heterocycles. The maximum Gasteiger partial charge on any atom is 0.238 e. The Kier molecular flexibility index (Phi) is 6.26. The molecule has 1 unspecified atom stereocenters. The maximum atomic E-state index is 11.8. The van der Waals surface area contributed by atoms with Crippen molar-refractivity contribution in [1.29, 1.82) is 0 Å². The van der Waals surface area contributed by atoms with E-state index in [4.69, 9.17) is 0 Å². The summed E-state index contributed by atoms with van der Waals surface area (Å²) in [6.45, 7) is 5.10. The highest BCUT2D eigenvalue weighted by Crippen LogP contribution is 2.22. The van der Waals surface area contributed by atoms with Gasteiger partial charge in [-0.2, -0.15) is 0 Å². The number of amides is 1. The molecule has 0 saturated carbocycles. The minimum absolute atomic E-state index is 0.00943. The van der Waals surface area contributed by atoms with Gasteiger partial charge in [0, 0.05) is 28.3 Å². The topological polar surface area (TPSA) is 41.1 Å². The van der Waals surface area contributed by atoms with Crippen LogP contribution in [0.5, 0.6) is 0 Å². The molecule has 1 fully saturated rings. The SMILES string of the molecule is CC(C)Sc1ccc(CCNC(=O)C2CSCN2)cc1. The lowest BCUT2D eigenvalue weighted by atomic mass is 10.1. The van der Waals surface area contributed by atoms with Gasteiger partial charge in [0.1, 0.15) is 0 Å². The summed E-state index contributed by atoms with van der Waals surface area (Å²) in [7, 11) is 0. The van der Waals surface area contributed by atoms with Crippen molar-refractivity contribution in [3.05, 3.63) is 29.8 Å². The zero-order chi connectivity index (χ0) is 14.4. The van der Waals surface area contributed by atoms with Gasteiger partial charge in [0.25, 0.3) is 0 Å². The van der Waals surface area contributed by atoms with Crippen LogP contribution in [0, 0.1) is 0 Å². The van der Waals surface area contributed by atoms with Gasteiger partial charge < -0.3 is 5.32 Å². The number of hydrogen-bond acceptors (Lipinski definition) is 4. The van der Waals surface area contributed by atoms with Crippen molar-refractivity contribution < 1.29 is 4.79 Å². The van der Waals surface area contributed by atoms with Gasteiger partial charge in [-0.3, -0.25) is 10.1 Å². The molecule has 2 N–H and O–H groups in total. The van der Waals surface area contributed by atoms with Crippen molar-refractivity contribution >= 4 is 29.4 Å². The Balaban J connectivity index is 1.72. The second-order valence-corrected chi connectivity index (χ2v) is 7.80. The predicted molar refractivity (Wildman–Crippen MR) is 88.4 cm³/mol. The lowest BCUT2D eigenvalue weighted by Crippen LogP contribution is -2.42. The summed E-state index contributed by atoms with van der Waals surface area (Å²) in [6.07, 6.45) is 0.887. The highest BCUT2D eigenvalue weighted by atomic mass is 32.2. The summed E-state index contributed by atoms with van der Waals surface area (Å²) in [4.78, 5) is 13.1. The van der Waals surface area contributed by atoms with E-state index in [-0.39, 0.29) is 11.9 Å². The van der Waals surface area contributed by atoms with Crippen LogP contribution < -0.4 is 10.6 Å². The minimum atomic E-state index is -0.00943. The third kappa shape index (κ3) is 5.04. The number of rotatable bonds is 6. The number of nitrogens with one attached hydrogen (secondary N) is 2. The standard InChI is InChI=1S/C15H22N2OS2/c1-11(2)20-13-5-3-12(4-6-13)7-8-16-15(18)14-9-19-10-17-14/h3-6,11,14,17H,7-10H2,1-2H3,(H,16,18). The maximum absolute atomic E-state index is 11.8. The van der Waals surface area contributed by atoms with E-state index in [1.165, 1.54) is 10.5 Å². The minimum Gasteiger partial charge on any atom is -0.354 e. The second-order valence-electron chi connectivity index (χ2n) is 5.12. The second kappa shape index (κ2) is 7.96. The number of thioether (sulfide) groups is 2. The van der Waals surface area contributed by atoms with Gasteiger partial charge >= 0.3 is 0 Å². The zero-order valence-corrected chi connectivity index (χ0v) is 13.7. The molecule has 0 aromatic heterocycles. The predicted octanol–water partition coefficient (Wildman–Crippen LogP) is 2.51. The average Bonchev–Trinajstić information content (AvgIpc) is 2.94. The smallest absolute Gasteiger partial charge is 0.238 e. The molecule has 3 nitrogen and oxygen atoms in total. The molecule has 1 aromatic carbocycles. The molecule has 0 aliphatic carbocycles. The van der Waals surface area contributed by atoms with Crippen molar-refractivity contribution in [2.45, 2.75) is 36.5 Å². The van der Waals surface area contributed by atoms with Crippen molar-refractivity contribution in [3.63, 3.8) is 0 Å². The van der Waals surface area contributed by atoms with Gasteiger partial charge in [-0.1, -0.05) is 26.0 Å². The van der Waals surface area contributed by atoms with E-state index in [0.717, 1.165) is 18.1 Å². The van der Waals surface area contributed by atoms with Crippen LogP contribution in [0.4, 0.5) is 0 Å². The lowest BCUT2D eigenvalue weighted by Gasteiger charge is -2.10. The number of carbonyl (C=O) groups is 1. The van der Waals surface area contributed by atoms with Crippen LogP contribution in [-0.4, -0.2) is 35.4 Å². The molecule has 5 heteroatoms. The summed E-state index contributed by atoms with van der Waals surface area (Å²) in [5, 5.41) is 6.79. The number of hydrogen-bond donors (Lipinski definition) is 2. The third-order valence-corrected chi connectivity index (χ3v) is 5.00. The van der Waals surface area contributed by atoms with Crippen molar-refractivity contribution in [3.8, 4) is 0 Å². The van der Waals surface area contributed by atoms with Gasteiger partial charge in [-0.25, -0.2) is 0 Å². The van der Waals surface area contributed by atoms with E-state index in [1.807, 2.05) is 11.8 Å².